The lowest BCUT2D eigenvalue weighted by Gasteiger charge is -2.07. The number of rotatable bonds is 3. The van der Waals surface area contributed by atoms with E-state index in [1.54, 1.807) is 37.4 Å². The van der Waals surface area contributed by atoms with Crippen LogP contribution in [-0.4, -0.2) is 23.8 Å². The van der Waals surface area contributed by atoms with Gasteiger partial charge in [0.05, 0.1) is 0 Å². The van der Waals surface area contributed by atoms with Gasteiger partial charge >= 0.3 is 0 Å². The topological polar surface area (TPSA) is 74.0 Å². The molecular weight excluding hydrogens is 302 g/mol. The number of anilines is 1. The van der Waals surface area contributed by atoms with Crippen LogP contribution in [0.3, 0.4) is 0 Å². The largest absolute Gasteiger partial charge is 0.358 e. The quantitative estimate of drug-likeness (QED) is 0.692. The van der Waals surface area contributed by atoms with Gasteiger partial charge < -0.3 is 15.6 Å². The summed E-state index contributed by atoms with van der Waals surface area (Å²) in [6.07, 6.45) is 0. The maximum Gasteiger partial charge on any atom is 0.255 e. The number of nitrogens with one attached hydrogen (secondary N) is 3. The summed E-state index contributed by atoms with van der Waals surface area (Å²) in [7, 11) is 1.58. The number of carbonyl (C=O) groups excluding carboxylic acids is 2. The molecule has 0 spiro atoms. The van der Waals surface area contributed by atoms with Crippen LogP contribution in [0, 0.1) is 13.8 Å². The fraction of sp³-hybridized carbons (Fsp3) is 0.158. The van der Waals surface area contributed by atoms with Crippen molar-refractivity contribution in [3.63, 3.8) is 0 Å². The summed E-state index contributed by atoms with van der Waals surface area (Å²) in [6, 6.07) is 12.4. The van der Waals surface area contributed by atoms with Gasteiger partial charge in [0.15, 0.2) is 0 Å². The first-order valence-electron chi connectivity index (χ1n) is 7.72. The lowest BCUT2D eigenvalue weighted by atomic mass is 10.1. The van der Waals surface area contributed by atoms with Crippen LogP contribution in [0.4, 0.5) is 5.69 Å². The number of aromatic nitrogens is 1. The molecule has 5 heteroatoms. The molecule has 0 radical (unpaired) electrons. The molecule has 3 aromatic rings. The Morgan fingerprint density at radius 2 is 1.58 bits per heavy atom. The van der Waals surface area contributed by atoms with Crippen molar-refractivity contribution in [3.05, 3.63) is 64.8 Å². The van der Waals surface area contributed by atoms with E-state index >= 15 is 0 Å². The highest BCUT2D eigenvalue weighted by atomic mass is 16.2. The number of amides is 2. The Hall–Kier alpha value is -3.08. The van der Waals surface area contributed by atoms with Gasteiger partial charge in [-0.1, -0.05) is 0 Å². The Balaban J connectivity index is 1.82. The zero-order valence-corrected chi connectivity index (χ0v) is 13.9. The smallest absolute Gasteiger partial charge is 0.255 e. The van der Waals surface area contributed by atoms with E-state index < -0.39 is 0 Å². The van der Waals surface area contributed by atoms with Crippen molar-refractivity contribution in [2.75, 3.05) is 12.4 Å². The van der Waals surface area contributed by atoms with Gasteiger partial charge in [0.2, 0.25) is 0 Å². The van der Waals surface area contributed by atoms with Crippen LogP contribution in [0.2, 0.25) is 0 Å². The van der Waals surface area contributed by atoms with Gasteiger partial charge in [-0.15, -0.1) is 0 Å². The molecule has 2 aromatic carbocycles. The fourth-order valence-corrected chi connectivity index (χ4v) is 2.66. The van der Waals surface area contributed by atoms with Gasteiger partial charge in [-0.05, 0) is 61.9 Å². The van der Waals surface area contributed by atoms with Crippen molar-refractivity contribution >= 4 is 28.4 Å². The molecule has 0 aliphatic heterocycles. The molecule has 0 aliphatic rings. The standard InChI is InChI=1S/C19H19N3O2/c1-11-12(2)21-17-9-6-14(10-16(11)17)19(24)22-15-7-4-13(5-8-15)18(23)20-3/h4-10,21H,1-3H3,(H,20,23)(H,22,24). The van der Waals surface area contributed by atoms with Crippen LogP contribution >= 0.6 is 0 Å². The lowest BCUT2D eigenvalue weighted by Crippen LogP contribution is -2.17. The van der Waals surface area contributed by atoms with Crippen molar-refractivity contribution in [3.8, 4) is 0 Å². The van der Waals surface area contributed by atoms with E-state index in [0.717, 1.165) is 22.2 Å². The predicted octanol–water partition coefficient (Wildman–Crippen LogP) is 3.40. The maximum atomic E-state index is 12.5. The second kappa shape index (κ2) is 6.20. The molecule has 0 aliphatic carbocycles. The SMILES string of the molecule is CNC(=O)c1ccc(NC(=O)c2ccc3[nH]c(C)c(C)c3c2)cc1. The molecule has 1 heterocycles. The summed E-state index contributed by atoms with van der Waals surface area (Å²) in [4.78, 5) is 27.3. The number of fused-ring (bicyclic) bond motifs is 1. The molecule has 0 unspecified atom stereocenters. The van der Waals surface area contributed by atoms with Crippen LogP contribution in [0.25, 0.3) is 10.9 Å². The molecule has 0 atom stereocenters. The van der Waals surface area contributed by atoms with Crippen molar-refractivity contribution in [2.24, 2.45) is 0 Å². The minimum absolute atomic E-state index is 0.156. The van der Waals surface area contributed by atoms with E-state index in [2.05, 4.69) is 15.6 Å². The number of benzene rings is 2. The zero-order valence-electron chi connectivity index (χ0n) is 13.9. The van der Waals surface area contributed by atoms with Crippen molar-refractivity contribution in [1.29, 1.82) is 0 Å². The molecule has 0 saturated heterocycles. The molecule has 0 bridgehead atoms. The van der Waals surface area contributed by atoms with Crippen LogP contribution in [0.5, 0.6) is 0 Å². The van der Waals surface area contributed by atoms with E-state index in [9.17, 15) is 9.59 Å². The third kappa shape index (κ3) is 2.88. The van der Waals surface area contributed by atoms with Crippen molar-refractivity contribution in [2.45, 2.75) is 13.8 Å². The zero-order chi connectivity index (χ0) is 17.3. The highest BCUT2D eigenvalue weighted by Gasteiger charge is 2.11. The van der Waals surface area contributed by atoms with Crippen LogP contribution < -0.4 is 10.6 Å². The molecule has 24 heavy (non-hydrogen) atoms. The molecule has 2 amide bonds. The van der Waals surface area contributed by atoms with Gasteiger partial charge in [-0.25, -0.2) is 0 Å². The van der Waals surface area contributed by atoms with Gasteiger partial charge in [0, 0.05) is 40.5 Å². The van der Waals surface area contributed by atoms with Crippen LogP contribution in [0.15, 0.2) is 42.5 Å². The van der Waals surface area contributed by atoms with Crippen molar-refractivity contribution < 1.29 is 9.59 Å². The van der Waals surface area contributed by atoms with Gasteiger partial charge in [-0.2, -0.15) is 0 Å². The molecule has 3 rings (SSSR count). The minimum Gasteiger partial charge on any atom is -0.358 e. The summed E-state index contributed by atoms with van der Waals surface area (Å²) < 4.78 is 0. The number of aryl methyl sites for hydroxylation is 2. The number of aromatic amines is 1. The second-order valence-electron chi connectivity index (χ2n) is 5.75. The third-order valence-electron chi connectivity index (χ3n) is 4.20. The normalized spacial score (nSPS) is 10.6. The Labute approximate surface area is 140 Å². The molecule has 0 saturated carbocycles. The molecule has 3 N–H and O–H groups in total. The molecule has 0 fully saturated rings. The minimum atomic E-state index is -0.178. The van der Waals surface area contributed by atoms with Gasteiger partial charge in [0.25, 0.3) is 11.8 Å². The maximum absolute atomic E-state index is 12.5. The van der Waals surface area contributed by atoms with E-state index in [4.69, 9.17) is 0 Å². The number of H-pyrrole nitrogens is 1. The van der Waals surface area contributed by atoms with Gasteiger partial charge in [-0.3, -0.25) is 9.59 Å². The number of hydrogen-bond acceptors (Lipinski definition) is 2. The van der Waals surface area contributed by atoms with E-state index in [1.165, 1.54) is 0 Å². The van der Waals surface area contributed by atoms with E-state index in [-0.39, 0.29) is 11.8 Å². The first-order chi connectivity index (χ1) is 11.5. The molecule has 122 valence electrons. The highest BCUT2D eigenvalue weighted by Crippen LogP contribution is 2.23. The Kier molecular flexibility index (Phi) is 4.08. The summed E-state index contributed by atoms with van der Waals surface area (Å²) in [6.45, 7) is 4.05. The molecule has 1 aromatic heterocycles. The Morgan fingerprint density at radius 3 is 2.25 bits per heavy atom. The average Bonchev–Trinajstić information content (AvgIpc) is 2.88. The Morgan fingerprint density at radius 1 is 0.917 bits per heavy atom. The van der Waals surface area contributed by atoms with Crippen LogP contribution in [0.1, 0.15) is 32.0 Å². The second-order valence-corrected chi connectivity index (χ2v) is 5.75. The average molecular weight is 321 g/mol. The lowest BCUT2D eigenvalue weighted by molar-refractivity contribution is 0.0962. The van der Waals surface area contributed by atoms with Crippen molar-refractivity contribution in [1.82, 2.24) is 10.3 Å². The van der Waals surface area contributed by atoms with Crippen LogP contribution in [-0.2, 0) is 0 Å². The summed E-state index contributed by atoms with van der Waals surface area (Å²) in [5.74, 6) is -0.334. The fourth-order valence-electron chi connectivity index (χ4n) is 2.66. The molecular formula is C19H19N3O2. The predicted molar refractivity (Wildman–Crippen MR) is 95.6 cm³/mol. The monoisotopic (exact) mass is 321 g/mol. The highest BCUT2D eigenvalue weighted by molar-refractivity contribution is 6.06. The molecule has 5 nitrogen and oxygen atoms in total. The number of hydrogen-bond donors (Lipinski definition) is 3. The first kappa shape index (κ1) is 15.8. The van der Waals surface area contributed by atoms with E-state index in [1.807, 2.05) is 26.0 Å². The van der Waals surface area contributed by atoms with Gasteiger partial charge in [0.1, 0.15) is 0 Å². The summed E-state index contributed by atoms with van der Waals surface area (Å²) >= 11 is 0. The van der Waals surface area contributed by atoms with E-state index in [0.29, 0.717) is 16.8 Å². The summed E-state index contributed by atoms with van der Waals surface area (Å²) in [5.41, 5.74) is 5.07. The number of carbonyl (C=O) groups is 2. The third-order valence-corrected chi connectivity index (χ3v) is 4.20. The Bertz CT molecular complexity index is 924. The first-order valence-corrected chi connectivity index (χ1v) is 7.72. The summed E-state index contributed by atoms with van der Waals surface area (Å²) in [5, 5.41) is 6.47.